The minimum atomic E-state index is 0.0980. The zero-order chi connectivity index (χ0) is 13.2. The first kappa shape index (κ1) is 13.1. The first-order valence-corrected chi connectivity index (χ1v) is 6.74. The van der Waals surface area contributed by atoms with E-state index in [1.165, 1.54) is 4.88 Å². The SMILES string of the molecule is CC(C)(C)c1cc(C#Cc2cnccn2)c(Cl)s1. The minimum Gasteiger partial charge on any atom is -0.260 e. The summed E-state index contributed by atoms with van der Waals surface area (Å²) >= 11 is 7.78. The average molecular weight is 277 g/mol. The van der Waals surface area contributed by atoms with Crippen LogP contribution in [0.4, 0.5) is 0 Å². The Labute approximate surface area is 116 Å². The number of hydrogen-bond donors (Lipinski definition) is 0. The molecule has 0 bridgehead atoms. The van der Waals surface area contributed by atoms with Crippen LogP contribution in [0.5, 0.6) is 0 Å². The highest BCUT2D eigenvalue weighted by atomic mass is 35.5. The third-order valence-electron chi connectivity index (χ3n) is 2.31. The Morgan fingerprint density at radius 2 is 2.00 bits per heavy atom. The summed E-state index contributed by atoms with van der Waals surface area (Å²) < 4.78 is 0.733. The van der Waals surface area contributed by atoms with E-state index in [-0.39, 0.29) is 5.41 Å². The normalized spacial score (nSPS) is 10.9. The molecule has 2 aromatic rings. The van der Waals surface area contributed by atoms with Gasteiger partial charge in [0.15, 0.2) is 0 Å². The van der Waals surface area contributed by atoms with Crippen molar-refractivity contribution in [2.45, 2.75) is 26.2 Å². The van der Waals surface area contributed by atoms with Crippen molar-refractivity contribution in [3.8, 4) is 11.8 Å². The highest BCUT2D eigenvalue weighted by Gasteiger charge is 2.18. The Morgan fingerprint density at radius 3 is 2.56 bits per heavy atom. The zero-order valence-electron chi connectivity index (χ0n) is 10.5. The molecule has 0 aliphatic rings. The summed E-state index contributed by atoms with van der Waals surface area (Å²) in [4.78, 5) is 9.30. The van der Waals surface area contributed by atoms with Gasteiger partial charge in [-0.2, -0.15) is 0 Å². The third kappa shape index (κ3) is 3.10. The summed E-state index contributed by atoms with van der Waals surface area (Å²) in [6.07, 6.45) is 4.89. The van der Waals surface area contributed by atoms with Crippen LogP contribution in [0.2, 0.25) is 4.34 Å². The smallest absolute Gasteiger partial charge is 0.131 e. The van der Waals surface area contributed by atoms with Gasteiger partial charge in [-0.3, -0.25) is 4.98 Å². The summed E-state index contributed by atoms with van der Waals surface area (Å²) in [5, 5.41) is 0. The van der Waals surface area contributed by atoms with Crippen LogP contribution in [-0.4, -0.2) is 9.97 Å². The molecule has 92 valence electrons. The van der Waals surface area contributed by atoms with Gasteiger partial charge in [0, 0.05) is 17.3 Å². The molecule has 0 amide bonds. The monoisotopic (exact) mass is 276 g/mol. The lowest BCUT2D eigenvalue weighted by molar-refractivity contribution is 0.604. The van der Waals surface area contributed by atoms with E-state index >= 15 is 0 Å². The maximum Gasteiger partial charge on any atom is 0.131 e. The number of thiophene rings is 1. The lowest BCUT2D eigenvalue weighted by Gasteiger charge is -2.14. The Kier molecular flexibility index (Phi) is 3.70. The molecular formula is C14H13ClN2S. The maximum atomic E-state index is 6.20. The van der Waals surface area contributed by atoms with Gasteiger partial charge in [-0.05, 0) is 17.4 Å². The van der Waals surface area contributed by atoms with E-state index in [1.54, 1.807) is 29.9 Å². The van der Waals surface area contributed by atoms with Gasteiger partial charge < -0.3 is 0 Å². The van der Waals surface area contributed by atoms with Crippen molar-refractivity contribution < 1.29 is 0 Å². The first-order chi connectivity index (χ1) is 8.47. The molecule has 0 saturated heterocycles. The molecule has 2 rings (SSSR count). The molecule has 2 heterocycles. The number of rotatable bonds is 0. The molecular weight excluding hydrogens is 264 g/mol. The quantitative estimate of drug-likeness (QED) is 0.682. The molecule has 18 heavy (non-hydrogen) atoms. The van der Waals surface area contributed by atoms with Crippen molar-refractivity contribution in [3.05, 3.63) is 45.1 Å². The van der Waals surface area contributed by atoms with Gasteiger partial charge in [0.2, 0.25) is 0 Å². The molecule has 2 aromatic heterocycles. The number of aromatic nitrogens is 2. The van der Waals surface area contributed by atoms with E-state index in [4.69, 9.17) is 11.6 Å². The van der Waals surface area contributed by atoms with Crippen LogP contribution in [0.1, 0.15) is 36.9 Å². The zero-order valence-corrected chi connectivity index (χ0v) is 12.1. The molecule has 0 unspecified atom stereocenters. The maximum absolute atomic E-state index is 6.20. The Morgan fingerprint density at radius 1 is 1.22 bits per heavy atom. The van der Waals surface area contributed by atoms with E-state index in [0.29, 0.717) is 5.69 Å². The molecule has 2 nitrogen and oxygen atoms in total. The summed E-state index contributed by atoms with van der Waals surface area (Å²) in [5.74, 6) is 6.01. The van der Waals surface area contributed by atoms with E-state index in [9.17, 15) is 0 Å². The lowest BCUT2D eigenvalue weighted by atomic mass is 9.94. The van der Waals surface area contributed by atoms with Crippen molar-refractivity contribution in [1.29, 1.82) is 0 Å². The van der Waals surface area contributed by atoms with Crippen LogP contribution in [0.3, 0.4) is 0 Å². The predicted octanol–water partition coefficient (Wildman–Crippen LogP) is 3.89. The lowest BCUT2D eigenvalue weighted by Crippen LogP contribution is -2.07. The Balaban J connectivity index is 2.31. The van der Waals surface area contributed by atoms with Gasteiger partial charge in [0.1, 0.15) is 10.0 Å². The highest BCUT2D eigenvalue weighted by molar-refractivity contribution is 7.16. The molecule has 0 aliphatic carbocycles. The first-order valence-electron chi connectivity index (χ1n) is 5.54. The molecule has 0 aliphatic heterocycles. The summed E-state index contributed by atoms with van der Waals surface area (Å²) in [7, 11) is 0. The van der Waals surface area contributed by atoms with E-state index in [0.717, 1.165) is 9.90 Å². The molecule has 0 fully saturated rings. The fraction of sp³-hybridized carbons (Fsp3) is 0.286. The average Bonchev–Trinajstić information content (AvgIpc) is 2.69. The largest absolute Gasteiger partial charge is 0.260 e. The summed E-state index contributed by atoms with van der Waals surface area (Å²) in [5.41, 5.74) is 1.61. The molecule has 0 N–H and O–H groups in total. The van der Waals surface area contributed by atoms with E-state index in [2.05, 4.69) is 48.6 Å². The molecule has 0 spiro atoms. The number of nitrogens with zero attached hydrogens (tertiary/aromatic N) is 2. The molecule has 0 saturated carbocycles. The van der Waals surface area contributed by atoms with E-state index in [1.807, 2.05) is 0 Å². The topological polar surface area (TPSA) is 25.8 Å². The van der Waals surface area contributed by atoms with Gasteiger partial charge >= 0.3 is 0 Å². The second-order valence-electron chi connectivity index (χ2n) is 4.89. The van der Waals surface area contributed by atoms with Crippen molar-refractivity contribution in [2.24, 2.45) is 0 Å². The fourth-order valence-corrected chi connectivity index (χ4v) is 2.57. The number of hydrogen-bond acceptors (Lipinski definition) is 3. The van der Waals surface area contributed by atoms with Gasteiger partial charge in [0.05, 0.1) is 11.8 Å². The summed E-state index contributed by atoms with van der Waals surface area (Å²) in [6, 6.07) is 2.05. The number of halogens is 1. The second-order valence-corrected chi connectivity index (χ2v) is 6.54. The van der Waals surface area contributed by atoms with Crippen molar-refractivity contribution in [3.63, 3.8) is 0 Å². The molecule has 4 heteroatoms. The van der Waals surface area contributed by atoms with Crippen LogP contribution in [-0.2, 0) is 5.41 Å². The van der Waals surface area contributed by atoms with Gasteiger partial charge in [-0.25, -0.2) is 4.98 Å². The van der Waals surface area contributed by atoms with Crippen LogP contribution >= 0.6 is 22.9 Å². The molecule has 0 radical (unpaired) electrons. The van der Waals surface area contributed by atoms with Crippen molar-refractivity contribution in [1.82, 2.24) is 9.97 Å². The minimum absolute atomic E-state index is 0.0980. The second kappa shape index (κ2) is 5.09. The Bertz CT molecular complexity index is 600. The van der Waals surface area contributed by atoms with Crippen LogP contribution in [0.15, 0.2) is 24.7 Å². The van der Waals surface area contributed by atoms with Crippen LogP contribution in [0, 0.1) is 11.8 Å². The summed E-state index contributed by atoms with van der Waals surface area (Å²) in [6.45, 7) is 6.49. The highest BCUT2D eigenvalue weighted by Crippen LogP contribution is 2.35. The van der Waals surface area contributed by atoms with Crippen LogP contribution in [0.25, 0.3) is 0 Å². The standard InChI is InChI=1S/C14H13ClN2S/c1-14(2,3)12-8-10(13(15)18-12)4-5-11-9-16-6-7-17-11/h6-9H,1-3H3. The Hall–Kier alpha value is -1.37. The molecule has 0 aromatic carbocycles. The third-order valence-corrected chi connectivity index (χ3v) is 4.10. The van der Waals surface area contributed by atoms with Crippen molar-refractivity contribution in [2.75, 3.05) is 0 Å². The molecule has 0 atom stereocenters. The van der Waals surface area contributed by atoms with Crippen LogP contribution < -0.4 is 0 Å². The van der Waals surface area contributed by atoms with Gasteiger partial charge in [0.25, 0.3) is 0 Å². The van der Waals surface area contributed by atoms with Gasteiger partial charge in [-0.1, -0.05) is 38.3 Å². The van der Waals surface area contributed by atoms with Gasteiger partial charge in [-0.15, -0.1) is 11.3 Å². The fourth-order valence-electron chi connectivity index (χ4n) is 1.32. The van der Waals surface area contributed by atoms with E-state index < -0.39 is 0 Å². The predicted molar refractivity (Wildman–Crippen MR) is 76.0 cm³/mol. The van der Waals surface area contributed by atoms with Crippen molar-refractivity contribution >= 4 is 22.9 Å².